The van der Waals surface area contributed by atoms with Gasteiger partial charge in [-0.25, -0.2) is 0 Å². The van der Waals surface area contributed by atoms with Gasteiger partial charge in [0.1, 0.15) is 0 Å². The minimum atomic E-state index is -0.228. The molecule has 1 aliphatic heterocycles. The van der Waals surface area contributed by atoms with Crippen molar-refractivity contribution in [2.75, 3.05) is 6.79 Å². The van der Waals surface area contributed by atoms with Crippen LogP contribution in [0, 0.1) is 0 Å². The predicted molar refractivity (Wildman–Crippen MR) is 57.5 cm³/mol. The molecule has 0 radical (unpaired) electrons. The Morgan fingerprint density at radius 1 is 1.38 bits per heavy atom. The summed E-state index contributed by atoms with van der Waals surface area (Å²) in [4.78, 5) is 11.4. The van der Waals surface area contributed by atoms with Gasteiger partial charge in [-0.2, -0.15) is 0 Å². The molecule has 0 amide bonds. The van der Waals surface area contributed by atoms with Gasteiger partial charge in [-0.3, -0.25) is 4.79 Å². The molecule has 86 valence electrons. The number of hydrogen-bond acceptors (Lipinski definition) is 4. The maximum absolute atomic E-state index is 11.4. The van der Waals surface area contributed by atoms with Crippen molar-refractivity contribution in [2.45, 2.75) is 26.4 Å². The lowest BCUT2D eigenvalue weighted by atomic mass is 10.1. The first kappa shape index (κ1) is 10.8. The molecular formula is C12H14O4. The number of benzene rings is 1. The van der Waals surface area contributed by atoms with E-state index in [1.165, 1.54) is 0 Å². The van der Waals surface area contributed by atoms with E-state index in [0.29, 0.717) is 5.75 Å². The second-order valence-corrected chi connectivity index (χ2v) is 3.90. The molecule has 0 saturated carbocycles. The maximum Gasteiger partial charge on any atom is 0.310 e. The van der Waals surface area contributed by atoms with Crippen LogP contribution in [0.4, 0.5) is 0 Å². The number of rotatable bonds is 3. The molecule has 1 aliphatic rings. The Morgan fingerprint density at radius 2 is 2.12 bits per heavy atom. The largest absolute Gasteiger partial charge is 0.463 e. The van der Waals surface area contributed by atoms with Gasteiger partial charge in [-0.15, -0.1) is 0 Å². The molecule has 1 heterocycles. The average molecular weight is 222 g/mol. The smallest absolute Gasteiger partial charge is 0.310 e. The second kappa shape index (κ2) is 4.43. The van der Waals surface area contributed by atoms with Crippen molar-refractivity contribution < 1.29 is 19.0 Å². The highest BCUT2D eigenvalue weighted by Gasteiger charge is 2.15. The summed E-state index contributed by atoms with van der Waals surface area (Å²) in [6, 6.07) is 5.46. The first-order chi connectivity index (χ1) is 7.65. The molecule has 16 heavy (non-hydrogen) atoms. The summed E-state index contributed by atoms with van der Waals surface area (Å²) in [7, 11) is 0. The van der Waals surface area contributed by atoms with Crippen LogP contribution < -0.4 is 9.47 Å². The summed E-state index contributed by atoms with van der Waals surface area (Å²) in [5, 5.41) is 0. The van der Waals surface area contributed by atoms with Crippen LogP contribution >= 0.6 is 0 Å². The standard InChI is InChI=1S/C12H14O4/c1-8(2)16-12(13)6-9-3-4-10-11(5-9)15-7-14-10/h3-5,8H,6-7H2,1-2H3. The van der Waals surface area contributed by atoms with Crippen LogP contribution in [0.15, 0.2) is 18.2 Å². The van der Waals surface area contributed by atoms with Crippen LogP contribution in [-0.2, 0) is 16.0 Å². The zero-order valence-electron chi connectivity index (χ0n) is 9.36. The van der Waals surface area contributed by atoms with Crippen LogP contribution in [0.25, 0.3) is 0 Å². The summed E-state index contributed by atoms with van der Waals surface area (Å²) < 4.78 is 15.5. The first-order valence-electron chi connectivity index (χ1n) is 5.23. The minimum Gasteiger partial charge on any atom is -0.463 e. The van der Waals surface area contributed by atoms with Crippen molar-refractivity contribution in [3.63, 3.8) is 0 Å². The molecule has 0 N–H and O–H groups in total. The number of esters is 1. The van der Waals surface area contributed by atoms with E-state index in [9.17, 15) is 4.79 Å². The van der Waals surface area contributed by atoms with Gasteiger partial charge in [0.15, 0.2) is 11.5 Å². The van der Waals surface area contributed by atoms with E-state index < -0.39 is 0 Å². The third kappa shape index (κ3) is 2.45. The van der Waals surface area contributed by atoms with Crippen molar-refractivity contribution in [3.8, 4) is 11.5 Å². The lowest BCUT2D eigenvalue weighted by molar-refractivity contribution is -0.146. The quantitative estimate of drug-likeness (QED) is 0.733. The Morgan fingerprint density at radius 3 is 2.88 bits per heavy atom. The monoisotopic (exact) mass is 222 g/mol. The fourth-order valence-corrected chi connectivity index (χ4v) is 1.52. The fraction of sp³-hybridized carbons (Fsp3) is 0.417. The molecule has 0 atom stereocenters. The van der Waals surface area contributed by atoms with Crippen molar-refractivity contribution in [1.29, 1.82) is 0 Å². The topological polar surface area (TPSA) is 44.8 Å². The van der Waals surface area contributed by atoms with E-state index in [2.05, 4.69) is 0 Å². The van der Waals surface area contributed by atoms with Crippen molar-refractivity contribution >= 4 is 5.97 Å². The highest BCUT2D eigenvalue weighted by Crippen LogP contribution is 2.32. The van der Waals surface area contributed by atoms with E-state index in [0.717, 1.165) is 11.3 Å². The number of fused-ring (bicyclic) bond motifs is 1. The Bertz CT molecular complexity index is 398. The molecular weight excluding hydrogens is 208 g/mol. The Balaban J connectivity index is 2.02. The van der Waals surface area contributed by atoms with Crippen LogP contribution in [0.2, 0.25) is 0 Å². The highest BCUT2D eigenvalue weighted by molar-refractivity contribution is 5.73. The maximum atomic E-state index is 11.4. The summed E-state index contributed by atoms with van der Waals surface area (Å²) in [5.41, 5.74) is 0.870. The minimum absolute atomic E-state index is 0.0819. The fourth-order valence-electron chi connectivity index (χ4n) is 1.52. The predicted octanol–water partition coefficient (Wildman–Crippen LogP) is 1.91. The van der Waals surface area contributed by atoms with Gasteiger partial charge in [-0.1, -0.05) is 6.07 Å². The zero-order chi connectivity index (χ0) is 11.5. The van der Waals surface area contributed by atoms with Gasteiger partial charge >= 0.3 is 5.97 Å². The van der Waals surface area contributed by atoms with Crippen LogP contribution in [0.1, 0.15) is 19.4 Å². The molecule has 1 aromatic rings. The normalized spacial score (nSPS) is 12.9. The molecule has 0 aliphatic carbocycles. The number of hydrogen-bond donors (Lipinski definition) is 0. The van der Waals surface area contributed by atoms with Gasteiger partial charge < -0.3 is 14.2 Å². The number of ether oxygens (including phenoxy) is 3. The van der Waals surface area contributed by atoms with E-state index in [1.54, 1.807) is 6.07 Å². The highest BCUT2D eigenvalue weighted by atomic mass is 16.7. The first-order valence-corrected chi connectivity index (χ1v) is 5.23. The summed E-state index contributed by atoms with van der Waals surface area (Å²) in [6.45, 7) is 3.91. The van der Waals surface area contributed by atoms with E-state index in [4.69, 9.17) is 14.2 Å². The lowest BCUT2D eigenvalue weighted by Crippen LogP contribution is -2.13. The average Bonchev–Trinajstić information content (AvgIpc) is 2.63. The van der Waals surface area contributed by atoms with Crippen LogP contribution in [0.5, 0.6) is 11.5 Å². The molecule has 0 aromatic heterocycles. The summed E-state index contributed by atoms with van der Waals surface area (Å²) >= 11 is 0. The van der Waals surface area contributed by atoms with E-state index in [-0.39, 0.29) is 25.3 Å². The van der Waals surface area contributed by atoms with Gasteiger partial charge in [0.2, 0.25) is 6.79 Å². The van der Waals surface area contributed by atoms with E-state index in [1.807, 2.05) is 26.0 Å². The van der Waals surface area contributed by atoms with Crippen LogP contribution in [-0.4, -0.2) is 18.9 Å². The second-order valence-electron chi connectivity index (χ2n) is 3.90. The van der Waals surface area contributed by atoms with Gasteiger partial charge in [-0.05, 0) is 31.5 Å². The molecule has 0 fully saturated rings. The third-order valence-electron chi connectivity index (χ3n) is 2.15. The molecule has 4 heteroatoms. The molecule has 4 nitrogen and oxygen atoms in total. The SMILES string of the molecule is CC(C)OC(=O)Cc1ccc2c(c1)OCO2. The number of carbonyl (C=O) groups excluding carboxylic acids is 1. The Labute approximate surface area is 94.1 Å². The molecule has 0 spiro atoms. The summed E-state index contributed by atoms with van der Waals surface area (Å²) in [5.74, 6) is 1.18. The van der Waals surface area contributed by atoms with Crippen LogP contribution in [0.3, 0.4) is 0 Å². The molecule has 1 aromatic carbocycles. The molecule has 2 rings (SSSR count). The van der Waals surface area contributed by atoms with Crippen molar-refractivity contribution in [2.24, 2.45) is 0 Å². The molecule has 0 unspecified atom stereocenters. The molecule has 0 bridgehead atoms. The van der Waals surface area contributed by atoms with Gasteiger partial charge in [0, 0.05) is 0 Å². The van der Waals surface area contributed by atoms with Crippen molar-refractivity contribution in [3.05, 3.63) is 23.8 Å². The number of carbonyl (C=O) groups is 1. The Kier molecular flexibility index (Phi) is 2.99. The van der Waals surface area contributed by atoms with E-state index >= 15 is 0 Å². The Hall–Kier alpha value is -1.71. The van der Waals surface area contributed by atoms with Crippen molar-refractivity contribution in [1.82, 2.24) is 0 Å². The zero-order valence-corrected chi connectivity index (χ0v) is 9.36. The summed E-state index contributed by atoms with van der Waals surface area (Å²) in [6.07, 6.45) is 0.177. The lowest BCUT2D eigenvalue weighted by Gasteiger charge is -2.07. The third-order valence-corrected chi connectivity index (χ3v) is 2.15. The van der Waals surface area contributed by atoms with Gasteiger partial charge in [0.05, 0.1) is 12.5 Å². The molecule has 0 saturated heterocycles. The van der Waals surface area contributed by atoms with Gasteiger partial charge in [0.25, 0.3) is 0 Å².